The Bertz CT molecular complexity index is 704. The van der Waals surface area contributed by atoms with Crippen LogP contribution < -0.4 is 5.32 Å². The largest absolute Gasteiger partial charge is 0.348 e. The number of amides is 1. The Balaban J connectivity index is 2.08. The van der Waals surface area contributed by atoms with Gasteiger partial charge in [-0.2, -0.15) is 0 Å². The van der Waals surface area contributed by atoms with Gasteiger partial charge in [0, 0.05) is 34.3 Å². The Morgan fingerprint density at radius 3 is 2.62 bits per heavy atom. The molecule has 0 fully saturated rings. The monoisotopic (exact) mass is 324 g/mol. The number of nitrogens with one attached hydrogen (secondary N) is 1. The van der Waals surface area contributed by atoms with Gasteiger partial charge in [0.05, 0.1) is 4.92 Å². The van der Waals surface area contributed by atoms with Crippen LogP contribution in [0.25, 0.3) is 0 Å². The van der Waals surface area contributed by atoms with Crippen molar-refractivity contribution in [3.8, 4) is 0 Å². The Kier molecular flexibility index (Phi) is 4.77. The third-order valence-electron chi connectivity index (χ3n) is 2.77. The van der Waals surface area contributed by atoms with E-state index in [1.807, 2.05) is 0 Å². The topological polar surface area (TPSA) is 72.2 Å². The number of hydrogen-bond donors (Lipinski definition) is 1. The van der Waals surface area contributed by atoms with Crippen molar-refractivity contribution in [1.29, 1.82) is 0 Å². The van der Waals surface area contributed by atoms with Gasteiger partial charge in [-0.15, -0.1) is 0 Å². The first-order chi connectivity index (χ1) is 9.97. The third-order valence-corrected chi connectivity index (χ3v) is 3.36. The summed E-state index contributed by atoms with van der Waals surface area (Å²) in [6, 6.07) is 10.5. The fourth-order valence-electron chi connectivity index (χ4n) is 1.70. The van der Waals surface area contributed by atoms with Crippen LogP contribution in [0.5, 0.6) is 0 Å². The normalized spacial score (nSPS) is 10.2. The molecular formula is C14H10Cl2N2O3. The molecule has 21 heavy (non-hydrogen) atoms. The Labute approximate surface area is 130 Å². The highest BCUT2D eigenvalue weighted by atomic mass is 35.5. The zero-order valence-electron chi connectivity index (χ0n) is 10.7. The average Bonchev–Trinajstić information content (AvgIpc) is 2.46. The number of benzene rings is 2. The lowest BCUT2D eigenvalue weighted by Gasteiger charge is -2.07. The molecule has 7 heteroatoms. The van der Waals surface area contributed by atoms with Gasteiger partial charge in [0.25, 0.3) is 11.6 Å². The van der Waals surface area contributed by atoms with Crippen molar-refractivity contribution in [2.75, 3.05) is 0 Å². The number of halogens is 2. The first kappa shape index (κ1) is 15.3. The summed E-state index contributed by atoms with van der Waals surface area (Å²) in [6.07, 6.45) is 0. The van der Waals surface area contributed by atoms with Gasteiger partial charge in [-0.3, -0.25) is 14.9 Å². The van der Waals surface area contributed by atoms with Crippen LogP contribution in [0.4, 0.5) is 5.69 Å². The molecule has 0 bridgehead atoms. The van der Waals surface area contributed by atoms with E-state index in [9.17, 15) is 14.9 Å². The molecule has 0 unspecified atom stereocenters. The molecule has 2 aromatic rings. The van der Waals surface area contributed by atoms with Crippen LogP contribution in [0.3, 0.4) is 0 Å². The summed E-state index contributed by atoms with van der Waals surface area (Å²) >= 11 is 11.8. The van der Waals surface area contributed by atoms with Crippen molar-refractivity contribution in [2.45, 2.75) is 6.54 Å². The van der Waals surface area contributed by atoms with Crippen molar-refractivity contribution in [1.82, 2.24) is 5.32 Å². The van der Waals surface area contributed by atoms with E-state index in [0.717, 1.165) is 0 Å². The number of nitrogens with zero attached hydrogens (tertiary/aromatic N) is 1. The SMILES string of the molecule is O=C(NCc1ccc(Cl)cc1Cl)c1cccc([N+](=O)[O-])c1. The number of hydrogen-bond acceptors (Lipinski definition) is 3. The zero-order chi connectivity index (χ0) is 15.4. The molecule has 0 radical (unpaired) electrons. The number of nitro benzene ring substituents is 1. The van der Waals surface area contributed by atoms with Crippen LogP contribution in [-0.2, 0) is 6.54 Å². The minimum Gasteiger partial charge on any atom is -0.348 e. The van der Waals surface area contributed by atoms with Gasteiger partial charge in [0.2, 0.25) is 0 Å². The van der Waals surface area contributed by atoms with Crippen LogP contribution in [0.15, 0.2) is 42.5 Å². The second-order valence-electron chi connectivity index (χ2n) is 4.23. The van der Waals surface area contributed by atoms with Crippen molar-refractivity contribution in [3.63, 3.8) is 0 Å². The lowest BCUT2D eigenvalue weighted by Crippen LogP contribution is -2.23. The summed E-state index contributed by atoms with van der Waals surface area (Å²) in [6.45, 7) is 0.206. The molecule has 0 aliphatic rings. The zero-order valence-corrected chi connectivity index (χ0v) is 12.2. The van der Waals surface area contributed by atoms with E-state index in [4.69, 9.17) is 23.2 Å². The second kappa shape index (κ2) is 6.56. The fraction of sp³-hybridized carbons (Fsp3) is 0.0714. The van der Waals surface area contributed by atoms with Gasteiger partial charge in [-0.1, -0.05) is 35.3 Å². The summed E-state index contributed by atoms with van der Waals surface area (Å²) in [5, 5.41) is 14.3. The molecule has 0 heterocycles. The van der Waals surface area contributed by atoms with E-state index in [0.29, 0.717) is 15.6 Å². The Hall–Kier alpha value is -2.11. The predicted octanol–water partition coefficient (Wildman–Crippen LogP) is 3.83. The van der Waals surface area contributed by atoms with Crippen molar-refractivity contribution < 1.29 is 9.72 Å². The van der Waals surface area contributed by atoms with Crippen molar-refractivity contribution in [3.05, 3.63) is 73.8 Å². The number of non-ortho nitro benzene ring substituents is 1. The molecule has 2 aromatic carbocycles. The highest BCUT2D eigenvalue weighted by Crippen LogP contribution is 2.21. The molecule has 0 saturated heterocycles. The molecule has 0 aliphatic heterocycles. The van der Waals surface area contributed by atoms with Gasteiger partial charge in [0.1, 0.15) is 0 Å². The van der Waals surface area contributed by atoms with E-state index in [-0.39, 0.29) is 17.8 Å². The first-order valence-electron chi connectivity index (χ1n) is 5.94. The van der Waals surface area contributed by atoms with E-state index >= 15 is 0 Å². The van der Waals surface area contributed by atoms with E-state index in [2.05, 4.69) is 5.32 Å². The molecule has 0 spiro atoms. The van der Waals surface area contributed by atoms with Gasteiger partial charge in [-0.25, -0.2) is 0 Å². The van der Waals surface area contributed by atoms with Gasteiger partial charge in [-0.05, 0) is 23.8 Å². The van der Waals surface area contributed by atoms with Crippen molar-refractivity contribution in [2.24, 2.45) is 0 Å². The Morgan fingerprint density at radius 2 is 1.95 bits per heavy atom. The van der Waals surface area contributed by atoms with Crippen LogP contribution >= 0.6 is 23.2 Å². The van der Waals surface area contributed by atoms with E-state index in [1.165, 1.54) is 24.3 Å². The molecule has 1 N–H and O–H groups in total. The smallest absolute Gasteiger partial charge is 0.270 e. The summed E-state index contributed by atoms with van der Waals surface area (Å²) in [5.74, 6) is -0.412. The van der Waals surface area contributed by atoms with Crippen LogP contribution in [0.2, 0.25) is 10.0 Å². The van der Waals surface area contributed by atoms with Crippen molar-refractivity contribution >= 4 is 34.8 Å². The molecule has 2 rings (SSSR count). The van der Waals surface area contributed by atoms with Crippen LogP contribution in [0, 0.1) is 10.1 Å². The summed E-state index contributed by atoms with van der Waals surface area (Å²) in [5.41, 5.74) is 0.793. The maximum atomic E-state index is 12.0. The molecule has 0 aromatic heterocycles. The second-order valence-corrected chi connectivity index (χ2v) is 5.07. The van der Waals surface area contributed by atoms with Gasteiger partial charge in [0.15, 0.2) is 0 Å². The Morgan fingerprint density at radius 1 is 1.19 bits per heavy atom. The average molecular weight is 325 g/mol. The molecule has 0 aliphatic carbocycles. The quantitative estimate of drug-likeness (QED) is 0.686. The highest BCUT2D eigenvalue weighted by molar-refractivity contribution is 6.35. The van der Waals surface area contributed by atoms with Gasteiger partial charge < -0.3 is 5.32 Å². The van der Waals surface area contributed by atoms with E-state index in [1.54, 1.807) is 18.2 Å². The maximum Gasteiger partial charge on any atom is 0.270 e. The summed E-state index contributed by atoms with van der Waals surface area (Å²) in [7, 11) is 0. The molecule has 1 amide bonds. The predicted molar refractivity (Wildman–Crippen MR) is 80.7 cm³/mol. The number of nitro groups is 1. The number of rotatable bonds is 4. The number of carbonyl (C=O) groups is 1. The molecule has 0 atom stereocenters. The molecule has 5 nitrogen and oxygen atoms in total. The first-order valence-corrected chi connectivity index (χ1v) is 6.69. The maximum absolute atomic E-state index is 12.0. The molecular weight excluding hydrogens is 315 g/mol. The molecule has 108 valence electrons. The summed E-state index contributed by atoms with van der Waals surface area (Å²) < 4.78 is 0. The molecule has 0 saturated carbocycles. The lowest BCUT2D eigenvalue weighted by atomic mass is 10.1. The summed E-state index contributed by atoms with van der Waals surface area (Å²) in [4.78, 5) is 22.1. The van der Waals surface area contributed by atoms with E-state index < -0.39 is 10.8 Å². The minimum absolute atomic E-state index is 0.132. The standard InChI is InChI=1S/C14H10Cl2N2O3/c15-11-5-4-10(13(16)7-11)8-17-14(19)9-2-1-3-12(6-9)18(20)21/h1-7H,8H2,(H,17,19). The number of carbonyl (C=O) groups excluding carboxylic acids is 1. The third kappa shape index (κ3) is 3.93. The highest BCUT2D eigenvalue weighted by Gasteiger charge is 2.11. The lowest BCUT2D eigenvalue weighted by molar-refractivity contribution is -0.384. The van der Waals surface area contributed by atoms with Crippen LogP contribution in [-0.4, -0.2) is 10.8 Å². The fourth-order valence-corrected chi connectivity index (χ4v) is 2.18. The van der Waals surface area contributed by atoms with Gasteiger partial charge >= 0.3 is 0 Å². The minimum atomic E-state index is -0.549. The van der Waals surface area contributed by atoms with Crippen LogP contribution in [0.1, 0.15) is 15.9 Å².